The second-order valence-electron chi connectivity index (χ2n) is 3.50. The first-order chi connectivity index (χ1) is 8.65. The number of hydrogen-bond donors (Lipinski definition) is 2. The second-order valence-corrected chi connectivity index (χ2v) is 3.50. The van der Waals surface area contributed by atoms with E-state index in [4.69, 9.17) is 10.5 Å². The third kappa shape index (κ3) is 4.57. The van der Waals surface area contributed by atoms with Crippen LogP contribution in [-0.4, -0.2) is 5.90 Å². The molecule has 0 amide bonds. The van der Waals surface area contributed by atoms with E-state index in [2.05, 4.69) is 23.7 Å². The maximum Gasteiger partial charge on any atom is 0.236 e. The van der Waals surface area contributed by atoms with Crippen LogP contribution in [0.5, 0.6) is 5.75 Å². The fourth-order valence-electron chi connectivity index (χ4n) is 1.13. The summed E-state index contributed by atoms with van der Waals surface area (Å²) in [6.45, 7) is 8.94. The van der Waals surface area contributed by atoms with Crippen LogP contribution in [0, 0.1) is 0 Å². The molecule has 0 atom stereocenters. The Morgan fingerprint density at radius 2 is 2.11 bits per heavy atom. The summed E-state index contributed by atoms with van der Waals surface area (Å²) in [6.07, 6.45) is 5.27. The lowest BCUT2D eigenvalue weighted by Crippen LogP contribution is -2.16. The Balaban J connectivity index is 0.000000492. The lowest BCUT2D eigenvalue weighted by molar-refractivity contribution is 0.545. The summed E-state index contributed by atoms with van der Waals surface area (Å²) in [5, 5.41) is 3.95. The van der Waals surface area contributed by atoms with Crippen molar-refractivity contribution in [3.05, 3.63) is 61.3 Å². The highest BCUT2D eigenvalue weighted by Gasteiger charge is 2.03. The van der Waals surface area contributed by atoms with Crippen molar-refractivity contribution >= 4 is 11.6 Å². The number of nitrogens with one attached hydrogen (secondary N) is 1. The number of hydrazone groups is 1. The zero-order valence-electron chi connectivity index (χ0n) is 10.4. The average Bonchev–Trinajstić information content (AvgIpc) is 2.33. The molecule has 0 bridgehead atoms. The van der Waals surface area contributed by atoms with Crippen LogP contribution in [0.25, 0.3) is 0 Å². The number of hydrogen-bond acceptors (Lipinski definition) is 4. The van der Waals surface area contributed by atoms with Gasteiger partial charge in [-0.25, -0.2) is 0 Å². The monoisotopic (exact) mass is 243 g/mol. The molecule has 0 saturated heterocycles. The molecule has 1 aromatic rings. The smallest absolute Gasteiger partial charge is 0.236 e. The van der Waals surface area contributed by atoms with Crippen molar-refractivity contribution in [3.63, 3.8) is 0 Å². The van der Waals surface area contributed by atoms with E-state index in [1.54, 1.807) is 30.4 Å². The van der Waals surface area contributed by atoms with Gasteiger partial charge in [0.2, 0.25) is 5.90 Å². The van der Waals surface area contributed by atoms with Crippen molar-refractivity contribution in [1.29, 1.82) is 0 Å². The maximum absolute atomic E-state index is 5.62. The highest BCUT2D eigenvalue weighted by atomic mass is 16.5. The number of nitrogens with zero attached hydrogens (tertiary/aromatic N) is 1. The topological polar surface area (TPSA) is 59.6 Å². The maximum atomic E-state index is 5.62. The van der Waals surface area contributed by atoms with Crippen molar-refractivity contribution in [2.75, 3.05) is 5.73 Å². The Labute approximate surface area is 107 Å². The Morgan fingerprint density at radius 3 is 2.67 bits per heavy atom. The van der Waals surface area contributed by atoms with Crippen LogP contribution in [0.3, 0.4) is 0 Å². The van der Waals surface area contributed by atoms with Crippen LogP contribution >= 0.6 is 0 Å². The molecular formula is C14H17N3O. The van der Waals surface area contributed by atoms with Crippen LogP contribution < -0.4 is 15.9 Å². The van der Waals surface area contributed by atoms with Crippen molar-refractivity contribution in [2.24, 2.45) is 5.10 Å². The quantitative estimate of drug-likeness (QED) is 0.589. The van der Waals surface area contributed by atoms with Crippen molar-refractivity contribution < 1.29 is 4.74 Å². The minimum Gasteiger partial charge on any atom is -0.438 e. The summed E-state index contributed by atoms with van der Waals surface area (Å²) < 4.78 is 5.46. The number of rotatable bonds is 1. The second kappa shape index (κ2) is 6.96. The van der Waals surface area contributed by atoms with Gasteiger partial charge in [-0.3, -0.25) is 5.43 Å². The van der Waals surface area contributed by atoms with Crippen LogP contribution in [0.4, 0.5) is 5.69 Å². The summed E-state index contributed by atoms with van der Waals surface area (Å²) in [4.78, 5) is 0. The van der Waals surface area contributed by atoms with Crippen molar-refractivity contribution in [3.8, 4) is 5.75 Å². The van der Waals surface area contributed by atoms with Gasteiger partial charge in [-0.05, 0) is 25.1 Å². The van der Waals surface area contributed by atoms with E-state index in [-0.39, 0.29) is 0 Å². The van der Waals surface area contributed by atoms with Crippen LogP contribution in [0.15, 0.2) is 66.4 Å². The molecule has 4 heteroatoms. The Bertz CT molecular complexity index is 490. The van der Waals surface area contributed by atoms with Gasteiger partial charge in [0.1, 0.15) is 5.75 Å². The van der Waals surface area contributed by atoms with Crippen LogP contribution in [0.1, 0.15) is 6.92 Å². The molecular weight excluding hydrogens is 226 g/mol. The molecule has 0 radical (unpaired) electrons. The third-order valence-electron chi connectivity index (χ3n) is 1.82. The molecule has 1 aromatic carbocycles. The number of nitrogen functional groups attached to an aromatic ring is 1. The molecule has 0 spiro atoms. The van der Waals surface area contributed by atoms with Gasteiger partial charge in [0.15, 0.2) is 0 Å². The predicted molar refractivity (Wildman–Crippen MR) is 76.2 cm³/mol. The summed E-state index contributed by atoms with van der Waals surface area (Å²) in [6, 6.07) is 7.17. The van der Waals surface area contributed by atoms with Gasteiger partial charge in [-0.15, -0.1) is 11.7 Å². The molecule has 18 heavy (non-hydrogen) atoms. The standard InChI is InChI=1S/C11H11N3O.C3H6/c1-8-5-6-11(14-13-8)15-10-4-2-3-9(12)7-10;1-3-2/h2-7,13H,1,12H2;3H,1H2,2H3. The van der Waals surface area contributed by atoms with Crippen LogP contribution in [0.2, 0.25) is 0 Å². The lowest BCUT2D eigenvalue weighted by atomic mass is 10.3. The number of allylic oxidation sites excluding steroid dienone is 2. The molecule has 0 unspecified atom stereocenters. The summed E-state index contributed by atoms with van der Waals surface area (Å²) >= 11 is 0. The first-order valence-electron chi connectivity index (χ1n) is 5.47. The van der Waals surface area contributed by atoms with E-state index >= 15 is 0 Å². The Morgan fingerprint density at radius 1 is 1.39 bits per heavy atom. The molecule has 1 aliphatic heterocycles. The van der Waals surface area contributed by atoms with Gasteiger partial charge in [-0.2, -0.15) is 0 Å². The van der Waals surface area contributed by atoms with E-state index in [0.29, 0.717) is 17.3 Å². The van der Waals surface area contributed by atoms with E-state index in [9.17, 15) is 0 Å². The number of ether oxygens (including phenoxy) is 1. The van der Waals surface area contributed by atoms with Gasteiger partial charge in [0.05, 0.1) is 0 Å². The van der Waals surface area contributed by atoms with Gasteiger partial charge in [0, 0.05) is 23.5 Å². The zero-order chi connectivity index (χ0) is 13.4. The van der Waals surface area contributed by atoms with Gasteiger partial charge in [0.25, 0.3) is 0 Å². The largest absolute Gasteiger partial charge is 0.438 e. The summed E-state index contributed by atoms with van der Waals surface area (Å²) in [5.74, 6) is 1.14. The molecule has 0 aromatic heterocycles. The number of anilines is 1. The first kappa shape index (κ1) is 13.6. The molecule has 0 aliphatic carbocycles. The SMILES string of the molecule is C=C1C=CC(Oc2cccc(N)c2)=NN1.C=CC. The number of nitrogens with two attached hydrogens (primary N) is 1. The molecule has 3 N–H and O–H groups in total. The molecule has 0 saturated carbocycles. The van der Waals surface area contributed by atoms with Gasteiger partial charge in [-0.1, -0.05) is 18.7 Å². The van der Waals surface area contributed by atoms with E-state index in [0.717, 1.165) is 5.70 Å². The lowest BCUT2D eigenvalue weighted by Gasteiger charge is -2.10. The fraction of sp³-hybridized carbons (Fsp3) is 0.0714. The zero-order valence-corrected chi connectivity index (χ0v) is 10.4. The highest BCUT2D eigenvalue weighted by Crippen LogP contribution is 2.15. The highest BCUT2D eigenvalue weighted by molar-refractivity contribution is 5.90. The third-order valence-corrected chi connectivity index (χ3v) is 1.82. The average molecular weight is 243 g/mol. The van der Waals surface area contributed by atoms with E-state index in [1.807, 2.05) is 19.1 Å². The Hall–Kier alpha value is -2.49. The molecule has 0 fully saturated rings. The predicted octanol–water partition coefficient (Wildman–Crippen LogP) is 2.83. The first-order valence-corrected chi connectivity index (χ1v) is 5.47. The minimum atomic E-state index is 0.480. The normalized spacial score (nSPS) is 12.7. The van der Waals surface area contributed by atoms with Crippen molar-refractivity contribution in [1.82, 2.24) is 5.43 Å². The molecule has 1 aliphatic rings. The van der Waals surface area contributed by atoms with Crippen LogP contribution in [-0.2, 0) is 0 Å². The molecule has 94 valence electrons. The van der Waals surface area contributed by atoms with E-state index in [1.165, 1.54) is 0 Å². The minimum absolute atomic E-state index is 0.480. The molecule has 2 rings (SSSR count). The Kier molecular flexibility index (Phi) is 5.25. The molecule has 4 nitrogen and oxygen atoms in total. The van der Waals surface area contributed by atoms with Gasteiger partial charge < -0.3 is 10.5 Å². The van der Waals surface area contributed by atoms with Crippen molar-refractivity contribution in [2.45, 2.75) is 6.92 Å². The fourth-order valence-corrected chi connectivity index (χ4v) is 1.13. The number of benzene rings is 1. The summed E-state index contributed by atoms with van der Waals surface area (Å²) in [7, 11) is 0. The van der Waals surface area contributed by atoms with Gasteiger partial charge >= 0.3 is 0 Å². The summed E-state index contributed by atoms with van der Waals surface area (Å²) in [5.41, 5.74) is 9.72. The van der Waals surface area contributed by atoms with E-state index < -0.39 is 0 Å². The molecule has 1 heterocycles.